The first-order valence-electron chi connectivity index (χ1n) is 12.7. The Hall–Kier alpha value is -1.37. The molecule has 1 heteroatoms. The fourth-order valence-corrected chi connectivity index (χ4v) is 6.95. The highest BCUT2D eigenvalue weighted by Crippen LogP contribution is 2.50. The molecule has 0 spiro atoms. The molecule has 0 N–H and O–H groups in total. The Bertz CT molecular complexity index is 724. The molecule has 3 aliphatic rings. The lowest BCUT2D eigenvalue weighted by Crippen LogP contribution is -2.34. The summed E-state index contributed by atoms with van der Waals surface area (Å²) < 4.78 is 14.6. The van der Waals surface area contributed by atoms with Crippen LogP contribution in [0.1, 0.15) is 94.6 Å². The minimum atomic E-state index is 0.00701. The van der Waals surface area contributed by atoms with Crippen LogP contribution >= 0.6 is 0 Å². The van der Waals surface area contributed by atoms with Gasteiger partial charge in [-0.3, -0.25) is 0 Å². The lowest BCUT2D eigenvalue weighted by molar-refractivity contribution is 0.0719. The molecule has 0 aromatic heterocycles. The topological polar surface area (TPSA) is 0 Å². The Kier molecular flexibility index (Phi) is 7.50. The minimum absolute atomic E-state index is 0.00701. The Morgan fingerprint density at radius 1 is 0.900 bits per heavy atom. The quantitative estimate of drug-likeness (QED) is 0.413. The molecule has 0 radical (unpaired) electrons. The van der Waals surface area contributed by atoms with Gasteiger partial charge in [0.25, 0.3) is 0 Å². The maximum atomic E-state index is 14.6. The molecule has 4 rings (SSSR count). The monoisotopic (exact) mass is 408 g/mol. The van der Waals surface area contributed by atoms with Gasteiger partial charge in [0, 0.05) is 0 Å². The third-order valence-electron chi connectivity index (χ3n) is 8.83. The van der Waals surface area contributed by atoms with E-state index in [1.165, 1.54) is 69.8 Å². The number of hydrogen-bond acceptors (Lipinski definition) is 0. The number of halogens is 1. The van der Waals surface area contributed by atoms with Gasteiger partial charge in [0.05, 0.1) is 0 Å². The zero-order valence-corrected chi connectivity index (χ0v) is 19.0. The van der Waals surface area contributed by atoms with Gasteiger partial charge in [0.2, 0.25) is 0 Å². The summed E-state index contributed by atoms with van der Waals surface area (Å²) in [5.41, 5.74) is 2.11. The molecular formula is C29H41F. The van der Waals surface area contributed by atoms with Crippen LogP contribution in [0.3, 0.4) is 0 Å². The van der Waals surface area contributed by atoms with Crippen molar-refractivity contribution >= 4 is 0 Å². The molecule has 0 nitrogen and oxygen atoms in total. The maximum Gasteiger partial charge on any atom is 0.126 e. The molecule has 0 aliphatic heterocycles. The molecule has 0 heterocycles. The van der Waals surface area contributed by atoms with Crippen molar-refractivity contribution in [2.24, 2.45) is 29.6 Å². The molecule has 4 atom stereocenters. The second kappa shape index (κ2) is 10.3. The van der Waals surface area contributed by atoms with E-state index < -0.39 is 0 Å². The predicted octanol–water partition coefficient (Wildman–Crippen LogP) is 8.63. The Morgan fingerprint density at radius 3 is 2.27 bits per heavy atom. The van der Waals surface area contributed by atoms with Crippen molar-refractivity contribution in [2.75, 3.05) is 0 Å². The van der Waals surface area contributed by atoms with E-state index in [-0.39, 0.29) is 5.82 Å². The van der Waals surface area contributed by atoms with Crippen LogP contribution in [0.25, 0.3) is 0 Å². The molecule has 164 valence electrons. The number of rotatable bonds is 6. The van der Waals surface area contributed by atoms with Crippen molar-refractivity contribution < 1.29 is 4.39 Å². The molecule has 30 heavy (non-hydrogen) atoms. The van der Waals surface area contributed by atoms with Gasteiger partial charge in [-0.25, -0.2) is 4.39 Å². The van der Waals surface area contributed by atoms with Crippen LogP contribution in [-0.4, -0.2) is 0 Å². The first-order valence-corrected chi connectivity index (χ1v) is 12.7. The summed E-state index contributed by atoms with van der Waals surface area (Å²) in [5, 5.41) is 0. The highest BCUT2D eigenvalue weighted by molar-refractivity contribution is 5.28. The van der Waals surface area contributed by atoms with Crippen LogP contribution in [0.15, 0.2) is 43.0 Å². The average Bonchev–Trinajstić information content (AvgIpc) is 2.79. The number of allylic oxidation sites excluding steroid dienone is 3. The summed E-state index contributed by atoms with van der Waals surface area (Å²) in [5.74, 6) is 5.20. The number of aryl methyl sites for hydroxylation is 1. The van der Waals surface area contributed by atoms with Gasteiger partial charge in [0.15, 0.2) is 0 Å². The molecule has 0 bridgehead atoms. The largest absolute Gasteiger partial charge is 0.207 e. The summed E-state index contributed by atoms with van der Waals surface area (Å²) in [6.45, 7) is 6.07. The van der Waals surface area contributed by atoms with Crippen LogP contribution < -0.4 is 0 Å². The highest BCUT2D eigenvalue weighted by Gasteiger charge is 2.38. The van der Waals surface area contributed by atoms with E-state index in [1.54, 1.807) is 0 Å². The molecular weight excluding hydrogens is 367 g/mol. The number of hydrogen-bond donors (Lipinski definition) is 0. The van der Waals surface area contributed by atoms with Crippen LogP contribution in [0, 0.1) is 35.4 Å². The first kappa shape index (κ1) is 21.8. The second-order valence-corrected chi connectivity index (χ2v) is 10.5. The molecule has 0 saturated heterocycles. The van der Waals surface area contributed by atoms with Crippen LogP contribution in [0.2, 0.25) is 0 Å². The van der Waals surface area contributed by atoms with Crippen molar-refractivity contribution in [1.29, 1.82) is 0 Å². The summed E-state index contributed by atoms with van der Waals surface area (Å²) in [6.07, 6.45) is 21.9. The third-order valence-corrected chi connectivity index (χ3v) is 8.83. The van der Waals surface area contributed by atoms with E-state index in [9.17, 15) is 4.39 Å². The molecule has 0 amide bonds. The standard InChI is InChI=1S/C29H41F/c1-3-5-6-7-24-14-15-28(20-29(24)30)23-12-10-22(11-13-23)26-17-16-25-18-21(4-2)8-9-27(25)19-26/h3-5,14-15,20-23,25-27H,2,6-13,16-19H2,1H3/b5-3+. The van der Waals surface area contributed by atoms with E-state index in [0.29, 0.717) is 5.92 Å². The van der Waals surface area contributed by atoms with Gasteiger partial charge in [0.1, 0.15) is 5.82 Å². The van der Waals surface area contributed by atoms with E-state index in [0.717, 1.165) is 48.0 Å². The first-order chi connectivity index (χ1) is 14.7. The van der Waals surface area contributed by atoms with Gasteiger partial charge in [-0.15, -0.1) is 6.58 Å². The van der Waals surface area contributed by atoms with Crippen LogP contribution in [0.4, 0.5) is 4.39 Å². The highest BCUT2D eigenvalue weighted by atomic mass is 19.1. The van der Waals surface area contributed by atoms with Crippen LogP contribution in [0.5, 0.6) is 0 Å². The van der Waals surface area contributed by atoms with E-state index in [2.05, 4.69) is 24.8 Å². The molecule has 1 aromatic carbocycles. The SMILES string of the molecule is C=CC1CCC2CC(C3CCC(c4ccc(CC/C=C/C)c(F)c4)CC3)CCC2C1. The van der Waals surface area contributed by atoms with Gasteiger partial charge in [-0.05, 0) is 137 Å². The minimum Gasteiger partial charge on any atom is -0.207 e. The zero-order chi connectivity index (χ0) is 20.9. The van der Waals surface area contributed by atoms with Crippen molar-refractivity contribution in [2.45, 2.75) is 89.9 Å². The molecule has 1 aromatic rings. The van der Waals surface area contributed by atoms with E-state index in [4.69, 9.17) is 0 Å². The lowest BCUT2D eigenvalue weighted by Gasteiger charge is -2.45. The normalized spacial score (nSPS) is 34.6. The lowest BCUT2D eigenvalue weighted by atomic mass is 9.61. The second-order valence-electron chi connectivity index (χ2n) is 10.5. The van der Waals surface area contributed by atoms with Crippen molar-refractivity contribution in [3.05, 3.63) is 60.0 Å². The third kappa shape index (κ3) is 5.09. The Morgan fingerprint density at radius 2 is 1.57 bits per heavy atom. The summed E-state index contributed by atoms with van der Waals surface area (Å²) in [7, 11) is 0. The van der Waals surface area contributed by atoms with Crippen LogP contribution in [-0.2, 0) is 6.42 Å². The predicted molar refractivity (Wildman–Crippen MR) is 126 cm³/mol. The maximum absolute atomic E-state index is 14.6. The fourth-order valence-electron chi connectivity index (χ4n) is 6.95. The van der Waals surface area contributed by atoms with E-state index in [1.807, 2.05) is 25.1 Å². The van der Waals surface area contributed by atoms with Gasteiger partial charge >= 0.3 is 0 Å². The molecule has 3 saturated carbocycles. The smallest absolute Gasteiger partial charge is 0.126 e. The molecule has 3 fully saturated rings. The van der Waals surface area contributed by atoms with Crippen molar-refractivity contribution in [3.8, 4) is 0 Å². The Balaban J connectivity index is 1.28. The zero-order valence-electron chi connectivity index (χ0n) is 19.0. The molecule has 4 unspecified atom stereocenters. The van der Waals surface area contributed by atoms with Gasteiger partial charge in [-0.1, -0.05) is 30.4 Å². The fraction of sp³-hybridized carbons (Fsp3) is 0.655. The van der Waals surface area contributed by atoms with Crippen molar-refractivity contribution in [3.63, 3.8) is 0 Å². The summed E-state index contributed by atoms with van der Waals surface area (Å²) in [6, 6.07) is 6.10. The number of fused-ring (bicyclic) bond motifs is 1. The van der Waals surface area contributed by atoms with E-state index >= 15 is 0 Å². The van der Waals surface area contributed by atoms with Crippen molar-refractivity contribution in [1.82, 2.24) is 0 Å². The summed E-state index contributed by atoms with van der Waals surface area (Å²) >= 11 is 0. The Labute approximate surface area is 184 Å². The van der Waals surface area contributed by atoms with Gasteiger partial charge in [-0.2, -0.15) is 0 Å². The van der Waals surface area contributed by atoms with Gasteiger partial charge < -0.3 is 0 Å². The average molecular weight is 409 g/mol. The molecule has 3 aliphatic carbocycles. The summed E-state index contributed by atoms with van der Waals surface area (Å²) in [4.78, 5) is 0. The number of benzene rings is 1.